The topological polar surface area (TPSA) is 53.1 Å². The molecular weight excluding hydrogens is 178 g/mol. The average molecular weight is 197 g/mol. The van der Waals surface area contributed by atoms with Gasteiger partial charge in [0.2, 0.25) is 0 Å². The summed E-state index contributed by atoms with van der Waals surface area (Å²) in [5.74, 6) is 0.393. The molecule has 0 saturated carbocycles. The van der Waals surface area contributed by atoms with Crippen LogP contribution < -0.4 is 5.73 Å². The first-order valence-corrected chi connectivity index (χ1v) is 4.87. The Labute approximate surface area is 85.1 Å². The molecule has 1 aromatic heterocycles. The molecule has 1 rings (SSSR count). The number of nitrogens with zero attached hydrogens (tertiary/aromatic N) is 2. The van der Waals surface area contributed by atoms with Crippen LogP contribution in [0, 0.1) is 5.92 Å². The molecule has 0 bridgehead atoms. The minimum Gasteiger partial charge on any atom is -0.385 e. The molecule has 4 heteroatoms. The van der Waals surface area contributed by atoms with E-state index in [2.05, 4.69) is 11.9 Å². The van der Waals surface area contributed by atoms with Crippen molar-refractivity contribution in [3.8, 4) is 0 Å². The maximum absolute atomic E-state index is 6.06. The van der Waals surface area contributed by atoms with Crippen LogP contribution in [-0.2, 0) is 11.8 Å². The van der Waals surface area contributed by atoms with Gasteiger partial charge >= 0.3 is 0 Å². The highest BCUT2D eigenvalue weighted by molar-refractivity contribution is 5.03. The van der Waals surface area contributed by atoms with Gasteiger partial charge in [-0.3, -0.25) is 0 Å². The summed E-state index contributed by atoms with van der Waals surface area (Å²) >= 11 is 0. The van der Waals surface area contributed by atoms with E-state index in [1.54, 1.807) is 13.4 Å². The monoisotopic (exact) mass is 197 g/mol. The third-order valence-corrected chi connectivity index (χ3v) is 2.46. The zero-order chi connectivity index (χ0) is 10.6. The normalized spacial score (nSPS) is 15.4. The van der Waals surface area contributed by atoms with Gasteiger partial charge in [-0.05, 0) is 12.3 Å². The van der Waals surface area contributed by atoms with E-state index < -0.39 is 0 Å². The van der Waals surface area contributed by atoms with E-state index in [9.17, 15) is 0 Å². The predicted octanol–water partition coefficient (Wildman–Crippen LogP) is 1.09. The van der Waals surface area contributed by atoms with Crippen molar-refractivity contribution in [3.05, 3.63) is 18.2 Å². The number of methoxy groups -OCH3 is 1. The van der Waals surface area contributed by atoms with Crippen molar-refractivity contribution in [3.63, 3.8) is 0 Å². The number of hydrogen-bond acceptors (Lipinski definition) is 3. The summed E-state index contributed by atoms with van der Waals surface area (Å²) in [6.45, 7) is 2.88. The zero-order valence-corrected chi connectivity index (χ0v) is 9.10. The molecule has 0 aromatic carbocycles. The summed E-state index contributed by atoms with van der Waals surface area (Å²) in [6.07, 6.45) is 4.71. The standard InChI is InChI=1S/C10H19N3O/c1-8(4-5-14-3)10(11)9-6-13(2)7-12-9/h6-8,10H,4-5,11H2,1-3H3. The van der Waals surface area contributed by atoms with Gasteiger partial charge < -0.3 is 15.0 Å². The fourth-order valence-corrected chi connectivity index (χ4v) is 1.38. The van der Waals surface area contributed by atoms with E-state index in [0.29, 0.717) is 5.92 Å². The van der Waals surface area contributed by atoms with Gasteiger partial charge in [-0.15, -0.1) is 0 Å². The van der Waals surface area contributed by atoms with Crippen molar-refractivity contribution in [1.82, 2.24) is 9.55 Å². The van der Waals surface area contributed by atoms with Crippen molar-refractivity contribution in [2.24, 2.45) is 18.7 Å². The maximum Gasteiger partial charge on any atom is 0.0947 e. The minimum absolute atomic E-state index is 0.00588. The van der Waals surface area contributed by atoms with Crippen molar-refractivity contribution < 1.29 is 4.74 Å². The fourth-order valence-electron chi connectivity index (χ4n) is 1.38. The number of hydrogen-bond donors (Lipinski definition) is 1. The molecule has 4 nitrogen and oxygen atoms in total. The number of aromatic nitrogens is 2. The molecule has 0 radical (unpaired) electrons. The van der Waals surface area contributed by atoms with Gasteiger partial charge in [0.25, 0.3) is 0 Å². The summed E-state index contributed by atoms with van der Waals surface area (Å²) in [6, 6.07) is 0.00588. The molecule has 0 amide bonds. The minimum atomic E-state index is 0.00588. The Morgan fingerprint density at radius 3 is 2.86 bits per heavy atom. The van der Waals surface area contributed by atoms with E-state index in [-0.39, 0.29) is 6.04 Å². The van der Waals surface area contributed by atoms with Crippen LogP contribution in [0.15, 0.2) is 12.5 Å². The Kier molecular flexibility index (Phi) is 4.10. The van der Waals surface area contributed by atoms with E-state index >= 15 is 0 Å². The first-order chi connectivity index (χ1) is 6.65. The molecule has 0 aliphatic carbocycles. The molecule has 80 valence electrons. The Balaban J connectivity index is 2.51. The molecule has 0 spiro atoms. The smallest absolute Gasteiger partial charge is 0.0947 e. The van der Waals surface area contributed by atoms with Gasteiger partial charge in [-0.2, -0.15) is 0 Å². The molecular formula is C10H19N3O. The highest BCUT2D eigenvalue weighted by Crippen LogP contribution is 2.19. The number of ether oxygens (including phenoxy) is 1. The van der Waals surface area contributed by atoms with E-state index in [0.717, 1.165) is 18.7 Å². The number of imidazole rings is 1. The summed E-state index contributed by atoms with van der Waals surface area (Å²) < 4.78 is 6.94. The summed E-state index contributed by atoms with van der Waals surface area (Å²) in [5, 5.41) is 0. The van der Waals surface area contributed by atoms with Crippen LogP contribution in [0.5, 0.6) is 0 Å². The van der Waals surface area contributed by atoms with Crippen LogP contribution in [0.25, 0.3) is 0 Å². The zero-order valence-electron chi connectivity index (χ0n) is 9.10. The maximum atomic E-state index is 6.06. The van der Waals surface area contributed by atoms with Crippen LogP contribution in [0.3, 0.4) is 0 Å². The molecule has 14 heavy (non-hydrogen) atoms. The lowest BCUT2D eigenvalue weighted by molar-refractivity contribution is 0.174. The Bertz CT molecular complexity index is 272. The molecule has 0 fully saturated rings. The Morgan fingerprint density at radius 2 is 2.36 bits per heavy atom. The molecule has 1 aromatic rings. The highest BCUT2D eigenvalue weighted by Gasteiger charge is 2.16. The van der Waals surface area contributed by atoms with Crippen molar-refractivity contribution in [1.29, 1.82) is 0 Å². The number of rotatable bonds is 5. The molecule has 1 heterocycles. The SMILES string of the molecule is COCCC(C)C(N)c1cn(C)cn1. The van der Waals surface area contributed by atoms with Crippen molar-refractivity contribution >= 4 is 0 Å². The van der Waals surface area contributed by atoms with Gasteiger partial charge in [0.15, 0.2) is 0 Å². The predicted molar refractivity (Wildman–Crippen MR) is 55.8 cm³/mol. The third kappa shape index (κ3) is 2.82. The van der Waals surface area contributed by atoms with Crippen LogP contribution >= 0.6 is 0 Å². The average Bonchev–Trinajstić information content (AvgIpc) is 2.60. The van der Waals surface area contributed by atoms with E-state index in [1.165, 1.54) is 0 Å². The molecule has 0 aliphatic heterocycles. The Morgan fingerprint density at radius 1 is 1.64 bits per heavy atom. The molecule has 2 unspecified atom stereocenters. The molecule has 2 atom stereocenters. The number of nitrogens with two attached hydrogens (primary N) is 1. The van der Waals surface area contributed by atoms with Crippen LogP contribution in [-0.4, -0.2) is 23.3 Å². The van der Waals surface area contributed by atoms with Gasteiger partial charge in [0.05, 0.1) is 18.1 Å². The molecule has 0 saturated heterocycles. The summed E-state index contributed by atoms with van der Waals surface area (Å²) in [5.41, 5.74) is 7.02. The second-order valence-corrected chi connectivity index (χ2v) is 3.75. The molecule has 2 N–H and O–H groups in total. The second kappa shape index (κ2) is 5.12. The lowest BCUT2D eigenvalue weighted by Gasteiger charge is -2.17. The molecule has 0 aliphatic rings. The van der Waals surface area contributed by atoms with Crippen LogP contribution in [0.2, 0.25) is 0 Å². The number of aryl methyl sites for hydroxylation is 1. The van der Waals surface area contributed by atoms with E-state index in [1.807, 2.05) is 17.8 Å². The summed E-state index contributed by atoms with van der Waals surface area (Å²) in [4.78, 5) is 4.24. The van der Waals surface area contributed by atoms with Gasteiger partial charge in [0.1, 0.15) is 0 Å². The lowest BCUT2D eigenvalue weighted by Crippen LogP contribution is -2.20. The van der Waals surface area contributed by atoms with Crippen LogP contribution in [0.1, 0.15) is 25.1 Å². The first kappa shape index (κ1) is 11.2. The fraction of sp³-hybridized carbons (Fsp3) is 0.700. The van der Waals surface area contributed by atoms with Gasteiger partial charge in [-0.25, -0.2) is 4.98 Å². The van der Waals surface area contributed by atoms with Crippen LogP contribution in [0.4, 0.5) is 0 Å². The lowest BCUT2D eigenvalue weighted by atomic mass is 9.97. The summed E-state index contributed by atoms with van der Waals surface area (Å²) in [7, 11) is 3.65. The first-order valence-electron chi connectivity index (χ1n) is 4.87. The van der Waals surface area contributed by atoms with E-state index in [4.69, 9.17) is 10.5 Å². The second-order valence-electron chi connectivity index (χ2n) is 3.75. The Hall–Kier alpha value is -0.870. The van der Waals surface area contributed by atoms with Gasteiger partial charge in [-0.1, -0.05) is 6.92 Å². The van der Waals surface area contributed by atoms with Crippen molar-refractivity contribution in [2.45, 2.75) is 19.4 Å². The third-order valence-electron chi connectivity index (χ3n) is 2.46. The largest absolute Gasteiger partial charge is 0.385 e. The quantitative estimate of drug-likeness (QED) is 0.768. The highest BCUT2D eigenvalue weighted by atomic mass is 16.5. The van der Waals surface area contributed by atoms with Crippen molar-refractivity contribution in [2.75, 3.05) is 13.7 Å². The van der Waals surface area contributed by atoms with Gasteiger partial charge in [0, 0.05) is 27.0 Å².